The fourth-order valence-corrected chi connectivity index (χ4v) is 0.736. The van der Waals surface area contributed by atoms with E-state index >= 15 is 0 Å². The monoisotopic (exact) mass is 103 g/mol. The first-order valence-electron chi connectivity index (χ1n) is 2.24. The van der Waals surface area contributed by atoms with E-state index in [0.717, 1.165) is 5.92 Å². The minimum atomic E-state index is 0.157. The summed E-state index contributed by atoms with van der Waals surface area (Å²) in [6.45, 7) is 0. The Morgan fingerprint density at radius 3 is 2.17 bits per heavy atom. The van der Waals surface area contributed by atoms with Gasteiger partial charge in [0.2, 0.25) is 0 Å². The molecule has 0 aromatic carbocycles. The van der Waals surface area contributed by atoms with Crippen LogP contribution in [-0.4, -0.2) is 5.37 Å². The van der Waals surface area contributed by atoms with Crippen molar-refractivity contribution in [2.75, 3.05) is 0 Å². The molecule has 0 radical (unpaired) electrons. The standard InChI is InChI=1S/C4H9NS/c5-4(6)3-1-2-3/h3-4,6H,1-2,5H2/t4-/m0/s1. The average molecular weight is 103 g/mol. The van der Waals surface area contributed by atoms with E-state index in [4.69, 9.17) is 5.73 Å². The molecule has 0 unspecified atom stereocenters. The molecule has 0 aromatic heterocycles. The molecule has 0 amide bonds. The summed E-state index contributed by atoms with van der Waals surface area (Å²) in [7, 11) is 0. The predicted octanol–water partition coefficient (Wildman–Crippen LogP) is 0.611. The summed E-state index contributed by atoms with van der Waals surface area (Å²) >= 11 is 4.03. The maximum atomic E-state index is 5.36. The second-order valence-electron chi connectivity index (χ2n) is 1.83. The molecule has 2 heteroatoms. The van der Waals surface area contributed by atoms with E-state index in [1.807, 2.05) is 0 Å². The van der Waals surface area contributed by atoms with Crippen molar-refractivity contribution in [3.05, 3.63) is 0 Å². The van der Waals surface area contributed by atoms with Crippen LogP contribution < -0.4 is 5.73 Å². The normalized spacial score (nSPS) is 27.0. The summed E-state index contributed by atoms with van der Waals surface area (Å²) in [6.07, 6.45) is 2.59. The highest BCUT2D eigenvalue weighted by Gasteiger charge is 2.25. The van der Waals surface area contributed by atoms with Gasteiger partial charge in [0.1, 0.15) is 0 Å². The maximum absolute atomic E-state index is 5.36. The van der Waals surface area contributed by atoms with Crippen LogP contribution in [0.1, 0.15) is 12.8 Å². The van der Waals surface area contributed by atoms with Crippen molar-refractivity contribution in [3.8, 4) is 0 Å². The van der Waals surface area contributed by atoms with Crippen LogP contribution in [0.2, 0.25) is 0 Å². The quantitative estimate of drug-likeness (QED) is 0.369. The van der Waals surface area contributed by atoms with Gasteiger partial charge >= 0.3 is 0 Å². The third-order valence-electron chi connectivity index (χ3n) is 1.10. The number of thiol groups is 1. The lowest BCUT2D eigenvalue weighted by Gasteiger charge is -1.94. The summed E-state index contributed by atoms with van der Waals surface area (Å²) in [5.41, 5.74) is 5.36. The van der Waals surface area contributed by atoms with Gasteiger partial charge in [0.15, 0.2) is 0 Å². The molecular formula is C4H9NS. The number of hydrogen-bond donors (Lipinski definition) is 2. The third kappa shape index (κ3) is 0.884. The van der Waals surface area contributed by atoms with Gasteiger partial charge in [-0.15, -0.1) is 0 Å². The van der Waals surface area contributed by atoms with Crippen LogP contribution in [0.15, 0.2) is 0 Å². The third-order valence-corrected chi connectivity index (χ3v) is 1.53. The molecule has 6 heavy (non-hydrogen) atoms. The van der Waals surface area contributed by atoms with Crippen molar-refractivity contribution < 1.29 is 0 Å². The molecule has 0 saturated heterocycles. The zero-order valence-electron chi connectivity index (χ0n) is 3.59. The Hall–Kier alpha value is 0.310. The van der Waals surface area contributed by atoms with Gasteiger partial charge in [-0.25, -0.2) is 0 Å². The first-order chi connectivity index (χ1) is 2.80. The van der Waals surface area contributed by atoms with Gasteiger partial charge in [-0.05, 0) is 18.8 Å². The first kappa shape index (κ1) is 4.47. The van der Waals surface area contributed by atoms with Crippen molar-refractivity contribution >= 4 is 12.6 Å². The highest BCUT2D eigenvalue weighted by Crippen LogP contribution is 2.32. The lowest BCUT2D eigenvalue weighted by atomic mass is 10.4. The van der Waals surface area contributed by atoms with Crippen LogP contribution >= 0.6 is 12.6 Å². The topological polar surface area (TPSA) is 26.0 Å². The van der Waals surface area contributed by atoms with E-state index in [0.29, 0.717) is 0 Å². The molecule has 2 N–H and O–H groups in total. The molecule has 1 fully saturated rings. The van der Waals surface area contributed by atoms with E-state index in [9.17, 15) is 0 Å². The molecule has 1 aliphatic rings. The zero-order chi connectivity index (χ0) is 4.57. The molecule has 0 aromatic rings. The van der Waals surface area contributed by atoms with Gasteiger partial charge in [0, 0.05) is 0 Å². The minimum Gasteiger partial charge on any atom is -0.319 e. The van der Waals surface area contributed by atoms with Crippen LogP contribution in [0.4, 0.5) is 0 Å². The Labute approximate surface area is 43.3 Å². The van der Waals surface area contributed by atoms with Gasteiger partial charge in [-0.3, -0.25) is 0 Å². The Kier molecular flexibility index (Phi) is 1.06. The van der Waals surface area contributed by atoms with Crippen molar-refractivity contribution in [3.63, 3.8) is 0 Å². The van der Waals surface area contributed by atoms with Crippen molar-refractivity contribution in [2.45, 2.75) is 18.2 Å². The van der Waals surface area contributed by atoms with Crippen LogP contribution in [0, 0.1) is 5.92 Å². The molecule has 1 aliphatic carbocycles. The van der Waals surface area contributed by atoms with Crippen LogP contribution in [-0.2, 0) is 0 Å². The van der Waals surface area contributed by atoms with Gasteiger partial charge in [0.05, 0.1) is 5.37 Å². The van der Waals surface area contributed by atoms with Crippen molar-refractivity contribution in [1.82, 2.24) is 0 Å². The van der Waals surface area contributed by atoms with Gasteiger partial charge in [-0.1, -0.05) is 0 Å². The SMILES string of the molecule is N[C@@H](S)C1CC1. The van der Waals surface area contributed by atoms with Gasteiger partial charge < -0.3 is 5.73 Å². The number of nitrogens with two attached hydrogens (primary N) is 1. The molecule has 0 bridgehead atoms. The Morgan fingerprint density at radius 1 is 1.67 bits per heavy atom. The van der Waals surface area contributed by atoms with E-state index < -0.39 is 0 Å². The zero-order valence-corrected chi connectivity index (χ0v) is 4.49. The minimum absolute atomic E-state index is 0.157. The highest BCUT2D eigenvalue weighted by atomic mass is 32.1. The molecule has 0 heterocycles. The van der Waals surface area contributed by atoms with Crippen molar-refractivity contribution in [2.24, 2.45) is 11.7 Å². The van der Waals surface area contributed by atoms with Crippen molar-refractivity contribution in [1.29, 1.82) is 0 Å². The molecule has 1 rings (SSSR count). The second-order valence-corrected chi connectivity index (χ2v) is 2.42. The fraction of sp³-hybridized carbons (Fsp3) is 1.00. The van der Waals surface area contributed by atoms with E-state index in [2.05, 4.69) is 12.6 Å². The van der Waals surface area contributed by atoms with Gasteiger partial charge in [0.25, 0.3) is 0 Å². The molecule has 1 saturated carbocycles. The Bertz CT molecular complexity index is 49.5. The largest absolute Gasteiger partial charge is 0.319 e. The van der Waals surface area contributed by atoms with Crippen LogP contribution in [0.25, 0.3) is 0 Å². The van der Waals surface area contributed by atoms with Crippen LogP contribution in [0.5, 0.6) is 0 Å². The van der Waals surface area contributed by atoms with E-state index in [1.165, 1.54) is 12.8 Å². The Balaban J connectivity index is 2.13. The predicted molar refractivity (Wildman–Crippen MR) is 29.7 cm³/mol. The fourth-order valence-electron chi connectivity index (χ4n) is 0.438. The summed E-state index contributed by atoms with van der Waals surface area (Å²) in [5.74, 6) is 0.744. The number of hydrogen-bond acceptors (Lipinski definition) is 2. The van der Waals surface area contributed by atoms with Gasteiger partial charge in [-0.2, -0.15) is 12.6 Å². The molecule has 0 aliphatic heterocycles. The van der Waals surface area contributed by atoms with E-state index in [-0.39, 0.29) is 5.37 Å². The molecular weight excluding hydrogens is 94.1 g/mol. The maximum Gasteiger partial charge on any atom is 0.0505 e. The summed E-state index contributed by atoms with van der Waals surface area (Å²) < 4.78 is 0. The summed E-state index contributed by atoms with van der Waals surface area (Å²) in [4.78, 5) is 0. The smallest absolute Gasteiger partial charge is 0.0505 e. The lowest BCUT2D eigenvalue weighted by Crippen LogP contribution is -2.13. The summed E-state index contributed by atoms with van der Waals surface area (Å²) in [6, 6.07) is 0. The average Bonchev–Trinajstić information content (AvgIpc) is 2.06. The molecule has 1 atom stereocenters. The molecule has 1 nitrogen and oxygen atoms in total. The highest BCUT2D eigenvalue weighted by molar-refractivity contribution is 7.80. The van der Waals surface area contributed by atoms with Crippen LogP contribution in [0.3, 0.4) is 0 Å². The molecule has 0 spiro atoms. The Morgan fingerprint density at radius 2 is 2.17 bits per heavy atom. The lowest BCUT2D eigenvalue weighted by molar-refractivity contribution is 0.794. The molecule has 36 valence electrons. The number of rotatable bonds is 1. The second kappa shape index (κ2) is 1.43. The first-order valence-corrected chi connectivity index (χ1v) is 2.76. The van der Waals surface area contributed by atoms with E-state index in [1.54, 1.807) is 0 Å². The summed E-state index contributed by atoms with van der Waals surface area (Å²) in [5, 5.41) is 0.157.